The lowest BCUT2D eigenvalue weighted by Crippen LogP contribution is -2.36. The normalized spacial score (nSPS) is 14.9. The SMILES string of the molecule is CSO[Si-](C)(CC(C)Cc1cc(C)cc(-n2nc3ccccc3n2)c1O)O[SH2+]. The van der Waals surface area contributed by atoms with Gasteiger partial charge in [-0.25, -0.2) is 0 Å². The molecule has 2 unspecified atom stereocenters. The maximum Gasteiger partial charge on any atom is 0.191 e. The molecule has 6 nitrogen and oxygen atoms in total. The van der Waals surface area contributed by atoms with Gasteiger partial charge >= 0.3 is 0 Å². The fraction of sp³-hybridized carbons (Fsp3) is 0.368. The Hall–Kier alpha value is -1.52. The number of phenolic OH excluding ortho intramolecular Hbond substituents is 1. The van der Waals surface area contributed by atoms with E-state index in [0.29, 0.717) is 12.1 Å². The Balaban J connectivity index is 1.88. The van der Waals surface area contributed by atoms with E-state index in [4.69, 9.17) is 7.74 Å². The van der Waals surface area contributed by atoms with Crippen molar-refractivity contribution in [3.8, 4) is 11.4 Å². The lowest BCUT2D eigenvalue weighted by atomic mass is 9.99. The standard InChI is InChI=1S/C19H25N3O3S2Si/c1-13-9-15(10-14(2)12-28(4,24-26)25-27-3)19(23)18(11-13)22-20-16-7-5-6-8-17(16)21-22/h5-9,11,14,23,26H,10,12H2,1-4H3/q-1/p+1. The topological polar surface area (TPSA) is 69.4 Å². The van der Waals surface area contributed by atoms with Crippen LogP contribution in [0, 0.1) is 12.8 Å². The monoisotopic (exact) mass is 436 g/mol. The summed E-state index contributed by atoms with van der Waals surface area (Å²) in [6.07, 6.45) is 2.60. The average molecular weight is 437 g/mol. The third-order valence-electron chi connectivity index (χ3n) is 4.58. The third kappa shape index (κ3) is 4.72. The number of phenols is 1. The minimum absolute atomic E-state index is 0.214. The van der Waals surface area contributed by atoms with Gasteiger partial charge in [-0.15, -0.1) is 27.6 Å². The number of hydrogen-bond donors (Lipinski definition) is 1. The van der Waals surface area contributed by atoms with Gasteiger partial charge in [0.25, 0.3) is 0 Å². The van der Waals surface area contributed by atoms with Gasteiger partial charge in [0.15, 0.2) is 8.56 Å². The highest BCUT2D eigenvalue weighted by Crippen LogP contribution is 2.32. The highest BCUT2D eigenvalue weighted by Gasteiger charge is 2.24. The second-order valence-corrected chi connectivity index (χ2v) is 11.8. The zero-order chi connectivity index (χ0) is 20.3. The van der Waals surface area contributed by atoms with Crippen molar-refractivity contribution in [2.24, 2.45) is 5.92 Å². The van der Waals surface area contributed by atoms with Crippen LogP contribution in [0.4, 0.5) is 0 Å². The molecule has 1 heterocycles. The van der Waals surface area contributed by atoms with Gasteiger partial charge in [0, 0.05) is 6.26 Å². The molecule has 3 aromatic rings. The first-order valence-electron chi connectivity index (χ1n) is 9.06. The highest BCUT2D eigenvalue weighted by atomic mass is 32.2. The van der Waals surface area contributed by atoms with Crippen molar-refractivity contribution in [1.82, 2.24) is 15.0 Å². The molecule has 2 atom stereocenters. The second kappa shape index (κ2) is 8.87. The molecule has 0 fully saturated rings. The zero-order valence-electron chi connectivity index (χ0n) is 16.5. The van der Waals surface area contributed by atoms with Crippen molar-refractivity contribution in [1.29, 1.82) is 0 Å². The Morgan fingerprint density at radius 2 is 1.89 bits per heavy atom. The molecule has 1 N–H and O–H groups in total. The Morgan fingerprint density at radius 1 is 1.25 bits per heavy atom. The minimum atomic E-state index is -2.31. The number of hydrogen-bond acceptors (Lipinski definition) is 6. The van der Waals surface area contributed by atoms with Crippen molar-refractivity contribution < 1.29 is 12.9 Å². The van der Waals surface area contributed by atoms with Crippen molar-refractivity contribution in [3.05, 3.63) is 47.5 Å². The molecule has 0 saturated carbocycles. The van der Waals surface area contributed by atoms with Crippen LogP contribution in [-0.2, 0) is 27.1 Å². The molecule has 0 spiro atoms. The molecular weight excluding hydrogens is 410 g/mol. The summed E-state index contributed by atoms with van der Waals surface area (Å²) < 4.78 is 11.2. The lowest BCUT2D eigenvalue weighted by Gasteiger charge is -2.34. The summed E-state index contributed by atoms with van der Waals surface area (Å²) in [5.74, 6) is 0.483. The quantitative estimate of drug-likeness (QED) is 0.328. The summed E-state index contributed by atoms with van der Waals surface area (Å²) in [5.41, 5.74) is 4.11. The number of fused-ring (bicyclic) bond motifs is 1. The molecule has 0 saturated heterocycles. The number of aryl methyl sites for hydroxylation is 1. The van der Waals surface area contributed by atoms with Gasteiger partial charge in [0.05, 0.1) is 12.9 Å². The number of benzene rings is 2. The lowest BCUT2D eigenvalue weighted by molar-refractivity contribution is 0.431. The zero-order valence-corrected chi connectivity index (χ0v) is 19.3. The van der Waals surface area contributed by atoms with E-state index in [0.717, 1.165) is 28.2 Å². The summed E-state index contributed by atoms with van der Waals surface area (Å²) in [6.45, 7) is 6.17. The van der Waals surface area contributed by atoms with Gasteiger partial charge < -0.3 is 12.9 Å². The van der Waals surface area contributed by atoms with Crippen LogP contribution in [0.1, 0.15) is 18.1 Å². The van der Waals surface area contributed by atoms with E-state index in [9.17, 15) is 5.11 Å². The van der Waals surface area contributed by atoms with E-state index < -0.39 is 8.56 Å². The molecular formula is C19H26N3O3S2Si. The molecule has 0 radical (unpaired) electrons. The van der Waals surface area contributed by atoms with E-state index in [1.807, 2.05) is 56.1 Å². The molecule has 28 heavy (non-hydrogen) atoms. The molecule has 151 valence electrons. The van der Waals surface area contributed by atoms with Gasteiger partial charge in [-0.3, -0.25) is 0 Å². The van der Waals surface area contributed by atoms with Crippen LogP contribution >= 0.6 is 12.0 Å². The van der Waals surface area contributed by atoms with Crippen LogP contribution in [0.15, 0.2) is 36.4 Å². The fourth-order valence-corrected chi connectivity index (χ4v) is 7.33. The molecule has 0 amide bonds. The first-order chi connectivity index (χ1) is 13.3. The predicted molar refractivity (Wildman–Crippen MR) is 120 cm³/mol. The highest BCUT2D eigenvalue weighted by molar-refractivity contribution is 7.94. The molecule has 0 aliphatic heterocycles. The molecule has 1 aromatic heterocycles. The van der Waals surface area contributed by atoms with Gasteiger partial charge in [0.2, 0.25) is 0 Å². The van der Waals surface area contributed by atoms with E-state index in [2.05, 4.69) is 30.0 Å². The van der Waals surface area contributed by atoms with E-state index in [1.54, 1.807) is 0 Å². The summed E-state index contributed by atoms with van der Waals surface area (Å²) in [5, 5.41) is 19.9. The molecule has 2 aromatic carbocycles. The van der Waals surface area contributed by atoms with E-state index in [1.165, 1.54) is 16.8 Å². The molecule has 9 heteroatoms. The number of rotatable bonds is 8. The third-order valence-corrected chi connectivity index (χ3v) is 9.82. The molecule has 3 rings (SSSR count). The summed E-state index contributed by atoms with van der Waals surface area (Å²) in [6, 6.07) is 12.4. The van der Waals surface area contributed by atoms with Gasteiger partial charge in [-0.05, 0) is 42.7 Å². The molecule has 0 bridgehead atoms. The fourth-order valence-electron chi connectivity index (χ4n) is 3.46. The minimum Gasteiger partial charge on any atom is -0.505 e. The second-order valence-electron chi connectivity index (χ2n) is 7.27. The number of aromatic nitrogens is 3. The summed E-state index contributed by atoms with van der Waals surface area (Å²) in [4.78, 5) is 1.51. The van der Waals surface area contributed by atoms with Crippen LogP contribution in [0.3, 0.4) is 0 Å². The average Bonchev–Trinajstić information content (AvgIpc) is 3.08. The van der Waals surface area contributed by atoms with Gasteiger partial charge in [-0.1, -0.05) is 43.1 Å². The van der Waals surface area contributed by atoms with Gasteiger partial charge in [-0.2, -0.15) is 0 Å². The number of aromatic hydroxyl groups is 1. The van der Waals surface area contributed by atoms with Crippen molar-refractivity contribution in [3.63, 3.8) is 0 Å². The van der Waals surface area contributed by atoms with Crippen LogP contribution in [0.25, 0.3) is 16.7 Å². The Kier molecular flexibility index (Phi) is 6.72. The first kappa shape index (κ1) is 21.2. The van der Waals surface area contributed by atoms with Crippen molar-refractivity contribution >= 4 is 44.5 Å². The van der Waals surface area contributed by atoms with Crippen LogP contribution in [-0.4, -0.2) is 34.9 Å². The largest absolute Gasteiger partial charge is 0.505 e. The summed E-state index contributed by atoms with van der Waals surface area (Å²) >= 11 is 4.50. The van der Waals surface area contributed by atoms with Crippen molar-refractivity contribution in [2.75, 3.05) is 6.26 Å². The van der Waals surface area contributed by atoms with Crippen molar-refractivity contribution in [2.45, 2.75) is 32.9 Å². The van der Waals surface area contributed by atoms with Crippen LogP contribution in [0.2, 0.25) is 12.6 Å². The maximum absolute atomic E-state index is 10.9. The Morgan fingerprint density at radius 3 is 2.46 bits per heavy atom. The van der Waals surface area contributed by atoms with Crippen LogP contribution < -0.4 is 0 Å². The van der Waals surface area contributed by atoms with Gasteiger partial charge in [0.1, 0.15) is 22.5 Å². The summed E-state index contributed by atoms with van der Waals surface area (Å²) in [7, 11) is -2.31. The number of nitrogens with zero attached hydrogens (tertiary/aromatic N) is 3. The Labute approximate surface area is 176 Å². The smallest absolute Gasteiger partial charge is 0.191 e. The Bertz CT molecular complexity index is 936. The first-order valence-corrected chi connectivity index (χ1v) is 13.1. The predicted octanol–water partition coefficient (Wildman–Crippen LogP) is 3.92. The maximum atomic E-state index is 10.9. The van der Waals surface area contributed by atoms with E-state index >= 15 is 0 Å². The molecule has 0 aliphatic carbocycles. The van der Waals surface area contributed by atoms with E-state index in [-0.39, 0.29) is 11.7 Å². The van der Waals surface area contributed by atoms with Crippen LogP contribution in [0.5, 0.6) is 5.75 Å². The molecule has 0 aliphatic rings.